The maximum absolute atomic E-state index is 12.1. The molecule has 0 radical (unpaired) electrons. The molecule has 0 aliphatic carbocycles. The van der Waals surface area contributed by atoms with E-state index in [1.807, 2.05) is 33.4 Å². The predicted octanol–water partition coefficient (Wildman–Crippen LogP) is 4.01. The summed E-state index contributed by atoms with van der Waals surface area (Å²) in [5, 5.41) is 0. The number of rotatable bonds is 6. The summed E-state index contributed by atoms with van der Waals surface area (Å²) in [7, 11) is 3.83. The number of benzene rings is 1. The average molecular weight is 389 g/mol. The van der Waals surface area contributed by atoms with Crippen LogP contribution in [0.15, 0.2) is 48.9 Å². The van der Waals surface area contributed by atoms with Crippen molar-refractivity contribution < 1.29 is 9.59 Å². The van der Waals surface area contributed by atoms with Crippen LogP contribution >= 0.6 is 0 Å². The van der Waals surface area contributed by atoms with E-state index in [1.54, 1.807) is 17.2 Å². The number of aldehydes is 1. The van der Waals surface area contributed by atoms with Gasteiger partial charge in [0.1, 0.15) is 6.29 Å². The summed E-state index contributed by atoms with van der Waals surface area (Å²) in [4.78, 5) is 31.2. The molecule has 1 aromatic heterocycles. The lowest BCUT2D eigenvalue weighted by molar-refractivity contribution is -0.117. The van der Waals surface area contributed by atoms with E-state index in [-0.39, 0.29) is 5.91 Å². The van der Waals surface area contributed by atoms with Gasteiger partial charge < -0.3 is 9.80 Å². The Morgan fingerprint density at radius 3 is 2.66 bits per heavy atom. The second kappa shape index (κ2) is 8.43. The zero-order valence-corrected chi connectivity index (χ0v) is 17.6. The molecule has 0 atom stereocenters. The largest absolute Gasteiger partial charge is 0.377 e. The number of amides is 1. The van der Waals surface area contributed by atoms with E-state index in [0.717, 1.165) is 45.4 Å². The molecular formula is C24H27N3O2. The van der Waals surface area contributed by atoms with E-state index >= 15 is 0 Å². The number of likely N-dealkylation sites (N-methyl/N-ethyl adjacent to an activating group) is 1. The Labute approximate surface area is 172 Å². The highest BCUT2D eigenvalue weighted by molar-refractivity contribution is 6.02. The maximum atomic E-state index is 12.1. The molecule has 2 heterocycles. The molecule has 0 saturated carbocycles. The van der Waals surface area contributed by atoms with Crippen LogP contribution in [0.3, 0.4) is 0 Å². The molecule has 5 heteroatoms. The summed E-state index contributed by atoms with van der Waals surface area (Å²) in [5.74, 6) is 0.119. The normalized spacial score (nSPS) is 14.1. The van der Waals surface area contributed by atoms with Gasteiger partial charge in [-0.25, -0.2) is 0 Å². The van der Waals surface area contributed by atoms with Crippen molar-refractivity contribution in [1.29, 1.82) is 0 Å². The van der Waals surface area contributed by atoms with Gasteiger partial charge in [-0.2, -0.15) is 0 Å². The van der Waals surface area contributed by atoms with Crippen LogP contribution in [0.4, 0.5) is 5.69 Å². The topological polar surface area (TPSA) is 53.5 Å². The number of nitrogens with zero attached hydrogens (tertiary/aromatic N) is 3. The van der Waals surface area contributed by atoms with Gasteiger partial charge in [-0.05, 0) is 73.4 Å². The monoisotopic (exact) mass is 389 g/mol. The summed E-state index contributed by atoms with van der Waals surface area (Å²) < 4.78 is 0. The van der Waals surface area contributed by atoms with E-state index in [9.17, 15) is 9.59 Å². The van der Waals surface area contributed by atoms with Crippen molar-refractivity contribution in [2.45, 2.75) is 33.2 Å². The first-order chi connectivity index (χ1) is 13.8. The van der Waals surface area contributed by atoms with Crippen molar-refractivity contribution in [1.82, 2.24) is 9.88 Å². The molecule has 29 heavy (non-hydrogen) atoms. The predicted molar refractivity (Wildman–Crippen MR) is 118 cm³/mol. The number of fused-ring (bicyclic) bond motifs is 1. The van der Waals surface area contributed by atoms with Gasteiger partial charge in [0.25, 0.3) is 0 Å². The third kappa shape index (κ3) is 4.29. The first kappa shape index (κ1) is 20.5. The summed E-state index contributed by atoms with van der Waals surface area (Å²) in [6, 6.07) is 6.58. The minimum absolute atomic E-state index is 0.119. The Morgan fingerprint density at radius 2 is 1.97 bits per heavy atom. The van der Waals surface area contributed by atoms with Gasteiger partial charge in [-0.3, -0.25) is 14.6 Å². The lowest BCUT2D eigenvalue weighted by Crippen LogP contribution is -2.21. The van der Waals surface area contributed by atoms with Crippen molar-refractivity contribution in [3.63, 3.8) is 0 Å². The van der Waals surface area contributed by atoms with Gasteiger partial charge in [0.15, 0.2) is 0 Å². The van der Waals surface area contributed by atoms with Crippen molar-refractivity contribution in [3.8, 4) is 11.1 Å². The van der Waals surface area contributed by atoms with Crippen LogP contribution in [0.2, 0.25) is 0 Å². The molecule has 1 amide bonds. The van der Waals surface area contributed by atoms with E-state index in [0.29, 0.717) is 12.5 Å². The van der Waals surface area contributed by atoms with Gasteiger partial charge >= 0.3 is 0 Å². The fourth-order valence-electron chi connectivity index (χ4n) is 3.52. The van der Waals surface area contributed by atoms with Crippen molar-refractivity contribution >= 4 is 23.5 Å². The fourth-order valence-corrected chi connectivity index (χ4v) is 3.52. The Kier molecular flexibility index (Phi) is 5.97. The molecular weight excluding hydrogens is 362 g/mol. The molecule has 1 aliphatic heterocycles. The minimum Gasteiger partial charge on any atom is -0.377 e. The SMILES string of the molecule is Cc1cc(-c2cncc(C(/C=C\C=O)=C/N(C)C(C)C)c2)cc2c1N(C)C(=O)C2. The lowest BCUT2D eigenvalue weighted by Gasteiger charge is -2.20. The quantitative estimate of drug-likeness (QED) is 0.426. The van der Waals surface area contributed by atoms with Crippen molar-refractivity contribution in [2.24, 2.45) is 0 Å². The molecule has 150 valence electrons. The van der Waals surface area contributed by atoms with Crippen molar-refractivity contribution in [2.75, 3.05) is 19.0 Å². The van der Waals surface area contributed by atoms with Crippen LogP contribution in [0.25, 0.3) is 16.7 Å². The Balaban J connectivity index is 2.04. The first-order valence-corrected chi connectivity index (χ1v) is 9.73. The van der Waals surface area contributed by atoms with Crippen LogP contribution < -0.4 is 4.90 Å². The number of aryl methyl sites for hydroxylation is 1. The smallest absolute Gasteiger partial charge is 0.231 e. The summed E-state index contributed by atoms with van der Waals surface area (Å²) in [6.07, 6.45) is 10.2. The van der Waals surface area contributed by atoms with E-state index < -0.39 is 0 Å². The molecule has 2 aromatic rings. The number of anilines is 1. The molecule has 0 bridgehead atoms. The van der Waals surface area contributed by atoms with Gasteiger partial charge in [0.2, 0.25) is 5.91 Å². The highest BCUT2D eigenvalue weighted by Crippen LogP contribution is 2.36. The Morgan fingerprint density at radius 1 is 1.21 bits per heavy atom. The van der Waals surface area contributed by atoms with Crippen LogP contribution in [0, 0.1) is 6.92 Å². The molecule has 0 N–H and O–H groups in total. The average Bonchev–Trinajstić information content (AvgIpc) is 2.99. The number of carbonyl (C=O) groups excluding carboxylic acids is 2. The maximum Gasteiger partial charge on any atom is 0.231 e. The van der Waals surface area contributed by atoms with E-state index in [4.69, 9.17) is 0 Å². The molecule has 0 fully saturated rings. The minimum atomic E-state index is 0.119. The summed E-state index contributed by atoms with van der Waals surface area (Å²) in [6.45, 7) is 6.25. The zero-order chi connectivity index (χ0) is 21.1. The summed E-state index contributed by atoms with van der Waals surface area (Å²) >= 11 is 0. The number of carbonyl (C=O) groups is 2. The molecule has 3 rings (SSSR count). The Hall–Kier alpha value is -3.21. The van der Waals surface area contributed by atoms with Crippen LogP contribution in [-0.4, -0.2) is 42.2 Å². The van der Waals surface area contributed by atoms with Crippen LogP contribution in [0.1, 0.15) is 30.5 Å². The number of hydrogen-bond donors (Lipinski definition) is 0. The molecule has 0 spiro atoms. The van der Waals surface area contributed by atoms with Gasteiger partial charge in [0, 0.05) is 55.5 Å². The fraction of sp³-hybridized carbons (Fsp3) is 0.292. The standard InChI is InChI=1S/C24H27N3O2/c1-16(2)26(4)15-18(7-6-8-28)21-11-22(14-25-13-21)19-9-17(3)24-20(10-19)12-23(29)27(24)5/h6-11,13-16H,12H2,1-5H3/b7-6-,18-15+. The molecule has 0 saturated heterocycles. The van der Waals surface area contributed by atoms with Crippen LogP contribution in [-0.2, 0) is 16.0 Å². The Bertz CT molecular complexity index is 1010. The third-order valence-electron chi connectivity index (χ3n) is 5.35. The third-order valence-corrected chi connectivity index (χ3v) is 5.35. The van der Waals surface area contributed by atoms with Crippen molar-refractivity contribution in [3.05, 3.63) is 65.6 Å². The molecule has 1 aliphatic rings. The highest BCUT2D eigenvalue weighted by atomic mass is 16.2. The van der Waals surface area contributed by atoms with E-state index in [2.05, 4.69) is 41.9 Å². The molecule has 1 aromatic carbocycles. The number of pyridine rings is 1. The zero-order valence-electron chi connectivity index (χ0n) is 17.6. The van der Waals surface area contributed by atoms with Gasteiger partial charge in [0.05, 0.1) is 6.42 Å². The second-order valence-electron chi connectivity index (χ2n) is 7.73. The number of hydrogen-bond acceptors (Lipinski definition) is 4. The summed E-state index contributed by atoms with van der Waals surface area (Å²) in [5.41, 5.74) is 7.00. The number of allylic oxidation sites excluding steroid dienone is 3. The van der Waals surface area contributed by atoms with Gasteiger partial charge in [-0.15, -0.1) is 0 Å². The number of aromatic nitrogens is 1. The van der Waals surface area contributed by atoms with Gasteiger partial charge in [-0.1, -0.05) is 0 Å². The van der Waals surface area contributed by atoms with Crippen LogP contribution in [0.5, 0.6) is 0 Å². The second-order valence-corrected chi connectivity index (χ2v) is 7.73. The lowest BCUT2D eigenvalue weighted by atomic mass is 9.97. The molecule has 0 unspecified atom stereocenters. The van der Waals surface area contributed by atoms with E-state index in [1.165, 1.54) is 6.08 Å². The highest BCUT2D eigenvalue weighted by Gasteiger charge is 2.26. The molecule has 5 nitrogen and oxygen atoms in total. The first-order valence-electron chi connectivity index (χ1n) is 9.73.